The lowest BCUT2D eigenvalue weighted by molar-refractivity contribution is 0.102. The summed E-state index contributed by atoms with van der Waals surface area (Å²) in [6.07, 6.45) is 4.04. The van der Waals surface area contributed by atoms with Crippen molar-refractivity contribution in [3.05, 3.63) is 75.5 Å². The molecule has 1 N–H and O–H groups in total. The lowest BCUT2D eigenvalue weighted by atomic mass is 10.1. The van der Waals surface area contributed by atoms with Crippen molar-refractivity contribution in [3.8, 4) is 0 Å². The van der Waals surface area contributed by atoms with Crippen LogP contribution in [0.3, 0.4) is 0 Å². The van der Waals surface area contributed by atoms with Crippen LogP contribution in [0.25, 0.3) is 0 Å². The minimum Gasteiger partial charge on any atom is -0.296 e. The SMILES string of the molecule is Cc1cccc(Cc2cnc(NC(=O)c3ccccn3)s2)c1Cl. The summed E-state index contributed by atoms with van der Waals surface area (Å²) in [4.78, 5) is 21.4. The number of nitrogens with one attached hydrogen (secondary N) is 1. The third-order valence-corrected chi connectivity index (χ3v) is 4.76. The highest BCUT2D eigenvalue weighted by molar-refractivity contribution is 7.15. The van der Waals surface area contributed by atoms with Crippen LogP contribution in [0.2, 0.25) is 5.02 Å². The normalized spacial score (nSPS) is 10.5. The summed E-state index contributed by atoms with van der Waals surface area (Å²) in [5.41, 5.74) is 2.47. The van der Waals surface area contributed by atoms with Crippen molar-refractivity contribution >= 4 is 34.0 Å². The topological polar surface area (TPSA) is 54.9 Å². The number of halogens is 1. The van der Waals surface area contributed by atoms with Crippen molar-refractivity contribution in [1.29, 1.82) is 0 Å². The molecule has 0 spiro atoms. The van der Waals surface area contributed by atoms with Gasteiger partial charge in [-0.15, -0.1) is 11.3 Å². The molecule has 0 atom stereocenters. The van der Waals surface area contributed by atoms with Crippen LogP contribution < -0.4 is 5.32 Å². The zero-order valence-electron chi connectivity index (χ0n) is 12.4. The zero-order chi connectivity index (χ0) is 16.2. The number of carbonyl (C=O) groups is 1. The number of anilines is 1. The highest BCUT2D eigenvalue weighted by Crippen LogP contribution is 2.26. The molecule has 1 amide bonds. The zero-order valence-corrected chi connectivity index (χ0v) is 14.0. The van der Waals surface area contributed by atoms with Gasteiger partial charge in [0, 0.05) is 28.7 Å². The highest BCUT2D eigenvalue weighted by Gasteiger charge is 2.11. The summed E-state index contributed by atoms with van der Waals surface area (Å²) in [5, 5.41) is 4.10. The Labute approximate surface area is 143 Å². The van der Waals surface area contributed by atoms with E-state index in [1.54, 1.807) is 30.6 Å². The van der Waals surface area contributed by atoms with E-state index in [1.807, 2.05) is 25.1 Å². The van der Waals surface area contributed by atoms with E-state index in [1.165, 1.54) is 11.3 Å². The number of hydrogen-bond donors (Lipinski definition) is 1. The van der Waals surface area contributed by atoms with Gasteiger partial charge in [0.2, 0.25) is 0 Å². The van der Waals surface area contributed by atoms with Gasteiger partial charge in [-0.3, -0.25) is 15.1 Å². The average Bonchev–Trinajstić information content (AvgIpc) is 3.00. The van der Waals surface area contributed by atoms with Gasteiger partial charge in [0.25, 0.3) is 5.91 Å². The van der Waals surface area contributed by atoms with Gasteiger partial charge in [-0.1, -0.05) is 35.9 Å². The number of thiazole rings is 1. The lowest BCUT2D eigenvalue weighted by Gasteiger charge is -2.04. The van der Waals surface area contributed by atoms with Crippen molar-refractivity contribution < 1.29 is 4.79 Å². The smallest absolute Gasteiger partial charge is 0.276 e. The largest absolute Gasteiger partial charge is 0.296 e. The standard InChI is InChI=1S/C17H14ClN3OS/c1-11-5-4-6-12(15(11)18)9-13-10-20-17(23-13)21-16(22)14-7-2-3-8-19-14/h2-8,10H,9H2,1H3,(H,20,21,22). The molecule has 0 saturated carbocycles. The Morgan fingerprint density at radius 3 is 2.87 bits per heavy atom. The summed E-state index contributed by atoms with van der Waals surface area (Å²) in [7, 11) is 0. The highest BCUT2D eigenvalue weighted by atomic mass is 35.5. The Morgan fingerprint density at radius 2 is 2.09 bits per heavy atom. The summed E-state index contributed by atoms with van der Waals surface area (Å²) in [6.45, 7) is 1.98. The number of pyridine rings is 1. The quantitative estimate of drug-likeness (QED) is 0.766. The second-order valence-corrected chi connectivity index (χ2v) is 6.52. The van der Waals surface area contributed by atoms with Crippen LogP contribution >= 0.6 is 22.9 Å². The van der Waals surface area contributed by atoms with Gasteiger partial charge in [-0.2, -0.15) is 0 Å². The maximum atomic E-state index is 12.1. The Hall–Kier alpha value is -2.24. The molecule has 4 nitrogen and oxygen atoms in total. The fourth-order valence-electron chi connectivity index (χ4n) is 2.14. The molecule has 116 valence electrons. The molecular weight excluding hydrogens is 330 g/mol. The summed E-state index contributed by atoms with van der Waals surface area (Å²) in [5.74, 6) is -0.264. The molecule has 0 bridgehead atoms. The van der Waals surface area contributed by atoms with Crippen LogP contribution in [0, 0.1) is 6.92 Å². The molecule has 6 heteroatoms. The molecule has 2 aromatic heterocycles. The predicted octanol–water partition coefficient (Wildman–Crippen LogP) is 4.34. The average molecular weight is 344 g/mol. The second kappa shape index (κ2) is 6.89. The molecule has 0 aliphatic rings. The number of benzene rings is 1. The number of rotatable bonds is 4. The third kappa shape index (κ3) is 3.75. The first-order chi connectivity index (χ1) is 11.1. The summed E-state index contributed by atoms with van der Waals surface area (Å²) in [6, 6.07) is 11.2. The van der Waals surface area contributed by atoms with Gasteiger partial charge in [0.15, 0.2) is 5.13 Å². The van der Waals surface area contributed by atoms with Crippen molar-refractivity contribution in [1.82, 2.24) is 9.97 Å². The number of aryl methyl sites for hydroxylation is 1. The minimum atomic E-state index is -0.264. The van der Waals surface area contributed by atoms with Crippen molar-refractivity contribution in [3.63, 3.8) is 0 Å². The van der Waals surface area contributed by atoms with E-state index in [-0.39, 0.29) is 5.91 Å². The first-order valence-electron chi connectivity index (χ1n) is 7.04. The van der Waals surface area contributed by atoms with E-state index in [4.69, 9.17) is 11.6 Å². The first kappa shape index (κ1) is 15.6. The molecule has 0 aliphatic heterocycles. The summed E-state index contributed by atoms with van der Waals surface area (Å²) >= 11 is 7.76. The number of amides is 1. The van der Waals surface area contributed by atoms with Gasteiger partial charge in [0.05, 0.1) is 0 Å². The Balaban J connectivity index is 1.71. The van der Waals surface area contributed by atoms with Crippen LogP contribution in [-0.4, -0.2) is 15.9 Å². The van der Waals surface area contributed by atoms with Crippen LogP contribution in [0.5, 0.6) is 0 Å². The van der Waals surface area contributed by atoms with E-state index in [9.17, 15) is 4.79 Å². The van der Waals surface area contributed by atoms with E-state index in [0.717, 1.165) is 21.0 Å². The van der Waals surface area contributed by atoms with E-state index in [2.05, 4.69) is 15.3 Å². The van der Waals surface area contributed by atoms with Crippen LogP contribution in [0.15, 0.2) is 48.8 Å². The van der Waals surface area contributed by atoms with Crippen molar-refractivity contribution in [2.75, 3.05) is 5.32 Å². The minimum absolute atomic E-state index is 0.264. The van der Waals surface area contributed by atoms with E-state index in [0.29, 0.717) is 17.2 Å². The molecule has 0 unspecified atom stereocenters. The number of carbonyl (C=O) groups excluding carboxylic acids is 1. The molecule has 0 fully saturated rings. The third-order valence-electron chi connectivity index (χ3n) is 3.31. The lowest BCUT2D eigenvalue weighted by Crippen LogP contribution is -2.12. The number of aromatic nitrogens is 2. The van der Waals surface area contributed by atoms with Gasteiger partial charge in [0.1, 0.15) is 5.69 Å². The van der Waals surface area contributed by atoms with Gasteiger partial charge in [-0.25, -0.2) is 4.98 Å². The molecule has 0 radical (unpaired) electrons. The monoisotopic (exact) mass is 343 g/mol. The molecule has 3 aromatic rings. The summed E-state index contributed by atoms with van der Waals surface area (Å²) < 4.78 is 0. The number of nitrogens with zero attached hydrogens (tertiary/aromatic N) is 2. The van der Waals surface area contributed by atoms with Crippen molar-refractivity contribution in [2.24, 2.45) is 0 Å². The van der Waals surface area contributed by atoms with Gasteiger partial charge < -0.3 is 0 Å². The Bertz CT molecular complexity index is 833. The fourth-order valence-corrected chi connectivity index (χ4v) is 3.16. The fraction of sp³-hybridized carbons (Fsp3) is 0.118. The molecule has 1 aromatic carbocycles. The van der Waals surface area contributed by atoms with E-state index >= 15 is 0 Å². The second-order valence-electron chi connectivity index (χ2n) is 5.03. The maximum absolute atomic E-state index is 12.1. The van der Waals surface area contributed by atoms with Gasteiger partial charge >= 0.3 is 0 Å². The molecule has 23 heavy (non-hydrogen) atoms. The van der Waals surface area contributed by atoms with Crippen LogP contribution in [0.1, 0.15) is 26.5 Å². The van der Waals surface area contributed by atoms with Crippen molar-refractivity contribution in [2.45, 2.75) is 13.3 Å². The Morgan fingerprint density at radius 1 is 1.22 bits per heavy atom. The molecule has 0 saturated heterocycles. The predicted molar refractivity (Wildman–Crippen MR) is 93.3 cm³/mol. The molecule has 3 rings (SSSR count). The Kier molecular flexibility index (Phi) is 4.69. The van der Waals surface area contributed by atoms with Crippen LogP contribution in [-0.2, 0) is 6.42 Å². The first-order valence-corrected chi connectivity index (χ1v) is 8.24. The van der Waals surface area contributed by atoms with E-state index < -0.39 is 0 Å². The van der Waals surface area contributed by atoms with Gasteiger partial charge in [-0.05, 0) is 30.2 Å². The molecular formula is C17H14ClN3OS. The van der Waals surface area contributed by atoms with Crippen LogP contribution in [0.4, 0.5) is 5.13 Å². The molecule has 2 heterocycles. The number of hydrogen-bond acceptors (Lipinski definition) is 4. The molecule has 0 aliphatic carbocycles. The maximum Gasteiger partial charge on any atom is 0.276 e.